The molecule has 0 spiro atoms. The second-order valence-corrected chi connectivity index (χ2v) is 4.81. The van der Waals surface area contributed by atoms with E-state index in [0.29, 0.717) is 13.2 Å². The Morgan fingerprint density at radius 3 is 2.52 bits per heavy atom. The summed E-state index contributed by atoms with van der Waals surface area (Å²) in [6, 6.07) is 9.68. The zero-order valence-electron chi connectivity index (χ0n) is 13.0. The lowest BCUT2D eigenvalue weighted by molar-refractivity contribution is 0.0119. The quantitative estimate of drug-likeness (QED) is 0.761. The lowest BCUT2D eigenvalue weighted by Gasteiger charge is -2.26. The molecule has 118 valence electrons. The summed E-state index contributed by atoms with van der Waals surface area (Å²) in [6.07, 6.45) is 1.25. The highest BCUT2D eigenvalue weighted by Crippen LogP contribution is 2.09. The molecule has 0 saturated carbocycles. The van der Waals surface area contributed by atoms with Gasteiger partial charge in [-0.2, -0.15) is 0 Å². The van der Waals surface area contributed by atoms with E-state index in [1.54, 1.807) is 7.11 Å². The fraction of sp³-hybridized carbons (Fsp3) is 0.562. The van der Waals surface area contributed by atoms with Crippen molar-refractivity contribution in [2.24, 2.45) is 0 Å². The second kappa shape index (κ2) is 10.2. The van der Waals surface area contributed by atoms with E-state index in [1.807, 2.05) is 30.3 Å². The fourth-order valence-electron chi connectivity index (χ4n) is 2.10. The van der Waals surface area contributed by atoms with Gasteiger partial charge in [-0.15, -0.1) is 0 Å². The van der Waals surface area contributed by atoms with Crippen molar-refractivity contribution in [3.8, 4) is 0 Å². The van der Waals surface area contributed by atoms with E-state index in [0.717, 1.165) is 18.4 Å². The summed E-state index contributed by atoms with van der Waals surface area (Å²) in [5.41, 5.74) is 1.10. The molecule has 0 radical (unpaired) electrons. The molecule has 5 nitrogen and oxygen atoms in total. The third kappa shape index (κ3) is 6.60. The number of methoxy groups -OCH3 is 2. The summed E-state index contributed by atoms with van der Waals surface area (Å²) >= 11 is 0. The van der Waals surface area contributed by atoms with Crippen LogP contribution in [0.2, 0.25) is 0 Å². The normalized spacial score (nSPS) is 13.5. The van der Waals surface area contributed by atoms with Crippen LogP contribution in [0.3, 0.4) is 0 Å². The second-order valence-electron chi connectivity index (χ2n) is 4.81. The molecule has 0 aliphatic heterocycles. The van der Waals surface area contributed by atoms with Crippen LogP contribution in [0, 0.1) is 0 Å². The van der Waals surface area contributed by atoms with E-state index in [-0.39, 0.29) is 12.1 Å². The van der Waals surface area contributed by atoms with Gasteiger partial charge in [-0.25, -0.2) is 4.79 Å². The number of benzene rings is 1. The molecule has 1 aromatic carbocycles. The van der Waals surface area contributed by atoms with Gasteiger partial charge >= 0.3 is 6.09 Å². The van der Waals surface area contributed by atoms with Crippen molar-refractivity contribution in [1.29, 1.82) is 0 Å². The summed E-state index contributed by atoms with van der Waals surface area (Å²) < 4.78 is 15.8. The van der Waals surface area contributed by atoms with Gasteiger partial charge in [0.25, 0.3) is 0 Å². The Balaban J connectivity index is 2.52. The Morgan fingerprint density at radius 1 is 1.24 bits per heavy atom. The number of hydrogen-bond donors (Lipinski definition) is 1. The van der Waals surface area contributed by atoms with Crippen LogP contribution in [0.25, 0.3) is 0 Å². The zero-order valence-corrected chi connectivity index (χ0v) is 13.0. The van der Waals surface area contributed by atoms with E-state index >= 15 is 0 Å². The van der Waals surface area contributed by atoms with Crippen LogP contribution < -0.4 is 5.32 Å². The maximum Gasteiger partial charge on any atom is 0.407 e. The molecule has 1 amide bonds. The Bertz CT molecular complexity index is 397. The van der Waals surface area contributed by atoms with Crippen LogP contribution in [-0.4, -0.2) is 39.1 Å². The number of carbonyl (C=O) groups excluding carboxylic acids is 1. The summed E-state index contributed by atoms with van der Waals surface area (Å²) in [7, 11) is 2.99. The minimum atomic E-state index is -0.471. The first kappa shape index (κ1) is 17.5. The fourth-order valence-corrected chi connectivity index (χ4v) is 2.10. The van der Waals surface area contributed by atoms with Crippen molar-refractivity contribution in [2.75, 3.05) is 20.8 Å². The number of rotatable bonds is 9. The maximum absolute atomic E-state index is 11.4. The van der Waals surface area contributed by atoms with Gasteiger partial charge in [0.05, 0.1) is 32.5 Å². The Hall–Kier alpha value is -1.59. The molecule has 2 atom stereocenters. The summed E-state index contributed by atoms with van der Waals surface area (Å²) in [4.78, 5) is 11.4. The van der Waals surface area contributed by atoms with Gasteiger partial charge in [0.15, 0.2) is 0 Å². The minimum absolute atomic E-state index is 0.0927. The number of amides is 1. The lowest BCUT2D eigenvalue weighted by Crippen LogP contribution is -2.47. The molecule has 0 fully saturated rings. The molecule has 1 rings (SSSR count). The van der Waals surface area contributed by atoms with Gasteiger partial charge in [0.1, 0.15) is 0 Å². The highest BCUT2D eigenvalue weighted by Gasteiger charge is 2.23. The highest BCUT2D eigenvalue weighted by molar-refractivity contribution is 5.67. The number of ether oxygens (including phenoxy) is 3. The van der Waals surface area contributed by atoms with Crippen molar-refractivity contribution >= 4 is 6.09 Å². The molecule has 0 aromatic heterocycles. The smallest absolute Gasteiger partial charge is 0.407 e. The van der Waals surface area contributed by atoms with Crippen LogP contribution >= 0.6 is 0 Å². The minimum Gasteiger partial charge on any atom is -0.453 e. The SMILES string of the molecule is CCC[C@@H](OC)[C@@H](COCc1ccccc1)NC(=O)OC. The Labute approximate surface area is 126 Å². The first-order valence-electron chi connectivity index (χ1n) is 7.20. The molecule has 0 unspecified atom stereocenters. The summed E-state index contributed by atoms with van der Waals surface area (Å²) in [5.74, 6) is 0. The first-order chi connectivity index (χ1) is 10.2. The van der Waals surface area contributed by atoms with Crippen LogP contribution in [0.15, 0.2) is 30.3 Å². The molecule has 0 aliphatic rings. The largest absolute Gasteiger partial charge is 0.453 e. The van der Waals surface area contributed by atoms with Crippen LogP contribution in [-0.2, 0) is 20.8 Å². The Morgan fingerprint density at radius 2 is 1.95 bits per heavy atom. The topological polar surface area (TPSA) is 56.8 Å². The zero-order chi connectivity index (χ0) is 15.5. The lowest BCUT2D eigenvalue weighted by atomic mass is 10.1. The molecule has 21 heavy (non-hydrogen) atoms. The maximum atomic E-state index is 11.4. The van der Waals surface area contributed by atoms with Gasteiger partial charge in [-0.05, 0) is 12.0 Å². The van der Waals surface area contributed by atoms with Crippen molar-refractivity contribution in [3.63, 3.8) is 0 Å². The monoisotopic (exact) mass is 295 g/mol. The molecule has 0 saturated heterocycles. The first-order valence-corrected chi connectivity index (χ1v) is 7.20. The molecule has 5 heteroatoms. The molecule has 0 bridgehead atoms. The van der Waals surface area contributed by atoms with Gasteiger partial charge in [-0.1, -0.05) is 43.7 Å². The number of nitrogens with one attached hydrogen (secondary N) is 1. The van der Waals surface area contributed by atoms with Gasteiger partial charge in [0.2, 0.25) is 0 Å². The van der Waals surface area contributed by atoms with Gasteiger partial charge in [-0.3, -0.25) is 0 Å². The predicted octanol–water partition coefficient (Wildman–Crippen LogP) is 2.74. The highest BCUT2D eigenvalue weighted by atomic mass is 16.5. The standard InChI is InChI=1S/C16H25NO4/c1-4-8-15(19-2)14(17-16(18)20-3)12-21-11-13-9-6-5-7-10-13/h5-7,9-10,14-15H,4,8,11-12H2,1-3H3,(H,17,18)/t14-,15-/m1/s1. The molecule has 1 N–H and O–H groups in total. The molecular weight excluding hydrogens is 270 g/mol. The average molecular weight is 295 g/mol. The van der Waals surface area contributed by atoms with Crippen LogP contribution in [0.5, 0.6) is 0 Å². The van der Waals surface area contributed by atoms with E-state index in [2.05, 4.69) is 17.0 Å². The van der Waals surface area contributed by atoms with E-state index < -0.39 is 6.09 Å². The molecule has 0 heterocycles. The van der Waals surface area contributed by atoms with E-state index in [4.69, 9.17) is 9.47 Å². The van der Waals surface area contributed by atoms with Gasteiger partial charge < -0.3 is 19.5 Å². The third-order valence-electron chi connectivity index (χ3n) is 3.22. The number of alkyl carbamates (subject to hydrolysis) is 1. The summed E-state index contributed by atoms with van der Waals surface area (Å²) in [5, 5.41) is 2.78. The van der Waals surface area contributed by atoms with Crippen molar-refractivity contribution < 1.29 is 19.0 Å². The van der Waals surface area contributed by atoms with E-state index in [1.165, 1.54) is 7.11 Å². The van der Waals surface area contributed by atoms with E-state index in [9.17, 15) is 4.79 Å². The van der Waals surface area contributed by atoms with Crippen LogP contribution in [0.4, 0.5) is 4.79 Å². The predicted molar refractivity (Wildman–Crippen MR) is 81.1 cm³/mol. The average Bonchev–Trinajstić information content (AvgIpc) is 2.52. The third-order valence-corrected chi connectivity index (χ3v) is 3.22. The Kier molecular flexibility index (Phi) is 8.47. The summed E-state index contributed by atoms with van der Waals surface area (Å²) in [6.45, 7) is 2.96. The van der Waals surface area contributed by atoms with Crippen molar-refractivity contribution in [2.45, 2.75) is 38.5 Å². The van der Waals surface area contributed by atoms with Gasteiger partial charge in [0, 0.05) is 7.11 Å². The number of hydrogen-bond acceptors (Lipinski definition) is 4. The van der Waals surface area contributed by atoms with Crippen molar-refractivity contribution in [3.05, 3.63) is 35.9 Å². The van der Waals surface area contributed by atoms with Crippen LogP contribution in [0.1, 0.15) is 25.3 Å². The molecular formula is C16H25NO4. The van der Waals surface area contributed by atoms with Crippen molar-refractivity contribution in [1.82, 2.24) is 5.32 Å². The molecule has 1 aromatic rings. The number of carbonyl (C=O) groups is 1. The molecule has 0 aliphatic carbocycles.